The Kier molecular flexibility index (Phi) is 2.41. The van der Waals surface area contributed by atoms with Crippen molar-refractivity contribution in [3.63, 3.8) is 0 Å². The highest BCUT2D eigenvalue weighted by Gasteiger charge is 2.50. The number of rotatable bonds is 0. The minimum absolute atomic E-state index is 0.132. The number of nitrogens with one attached hydrogen (secondary N) is 1. The van der Waals surface area contributed by atoms with Crippen LogP contribution in [0.3, 0.4) is 0 Å². The van der Waals surface area contributed by atoms with E-state index < -0.39 is 0 Å². The van der Waals surface area contributed by atoms with Crippen molar-refractivity contribution in [3.8, 4) is 0 Å². The van der Waals surface area contributed by atoms with Crippen molar-refractivity contribution < 1.29 is 9.53 Å². The first-order valence-corrected chi connectivity index (χ1v) is 6.61. The van der Waals surface area contributed by atoms with Crippen LogP contribution in [0.5, 0.6) is 0 Å². The smallest absolute Gasteiger partial charge is 0.233 e. The number of fused-ring (bicyclic) bond motifs is 2. The molecule has 1 N–H and O–H groups in total. The van der Waals surface area contributed by atoms with Crippen LogP contribution in [0.1, 0.15) is 12.8 Å². The Labute approximate surface area is 93.7 Å². The highest BCUT2D eigenvalue weighted by molar-refractivity contribution is 8.01. The molecule has 1 amide bonds. The van der Waals surface area contributed by atoms with Crippen LogP contribution in [-0.4, -0.2) is 53.8 Å². The molecule has 3 heterocycles. The lowest BCUT2D eigenvalue weighted by atomic mass is 9.87. The molecule has 3 fully saturated rings. The third kappa shape index (κ3) is 1.48. The third-order valence-electron chi connectivity index (χ3n) is 3.66. The molecule has 0 aliphatic carbocycles. The highest BCUT2D eigenvalue weighted by atomic mass is 32.2. The van der Waals surface area contributed by atoms with E-state index in [0.29, 0.717) is 17.0 Å². The van der Waals surface area contributed by atoms with Gasteiger partial charge in [-0.05, 0) is 12.8 Å². The van der Waals surface area contributed by atoms with Gasteiger partial charge in [-0.25, -0.2) is 0 Å². The molecular formula is C10H16N2O2S. The van der Waals surface area contributed by atoms with Gasteiger partial charge in [-0.3, -0.25) is 4.79 Å². The number of carbonyl (C=O) groups excluding carboxylic acids is 1. The molecule has 0 radical (unpaired) electrons. The quantitative estimate of drug-likeness (QED) is 0.635. The van der Waals surface area contributed by atoms with Crippen molar-refractivity contribution in [3.05, 3.63) is 0 Å². The van der Waals surface area contributed by atoms with Crippen LogP contribution < -0.4 is 5.32 Å². The number of nitrogens with zero attached hydrogens (tertiary/aromatic N) is 1. The highest BCUT2D eigenvalue weighted by Crippen LogP contribution is 2.40. The first-order chi connectivity index (χ1) is 7.32. The van der Waals surface area contributed by atoms with Gasteiger partial charge in [0.2, 0.25) is 5.91 Å². The fraction of sp³-hybridized carbons (Fsp3) is 0.900. The average Bonchev–Trinajstić information content (AvgIpc) is 2.64. The first-order valence-electron chi connectivity index (χ1n) is 5.56. The fourth-order valence-corrected chi connectivity index (χ4v) is 4.33. The number of piperazine rings is 1. The zero-order valence-corrected chi connectivity index (χ0v) is 9.52. The van der Waals surface area contributed by atoms with Crippen molar-refractivity contribution in [1.29, 1.82) is 0 Å². The number of carbonyl (C=O) groups is 1. The van der Waals surface area contributed by atoms with Crippen molar-refractivity contribution in [2.24, 2.45) is 0 Å². The van der Waals surface area contributed by atoms with Gasteiger partial charge in [0.05, 0.1) is 16.7 Å². The van der Waals surface area contributed by atoms with E-state index in [2.05, 4.69) is 10.2 Å². The van der Waals surface area contributed by atoms with Gasteiger partial charge in [0.15, 0.2) is 0 Å². The molecule has 84 valence electrons. The van der Waals surface area contributed by atoms with E-state index in [1.165, 1.54) is 0 Å². The maximum absolute atomic E-state index is 11.7. The molecule has 0 aromatic heterocycles. The zero-order chi connectivity index (χ0) is 10.3. The summed E-state index contributed by atoms with van der Waals surface area (Å²) in [7, 11) is 0. The molecule has 0 bridgehead atoms. The lowest BCUT2D eigenvalue weighted by molar-refractivity contribution is -0.131. The van der Waals surface area contributed by atoms with E-state index >= 15 is 0 Å². The molecule has 0 saturated carbocycles. The molecule has 3 saturated heterocycles. The maximum Gasteiger partial charge on any atom is 0.233 e. The Bertz CT molecular complexity index is 273. The molecule has 1 spiro atoms. The minimum Gasteiger partial charge on any atom is -0.381 e. The molecule has 4 nitrogen and oxygen atoms in total. The van der Waals surface area contributed by atoms with Crippen molar-refractivity contribution >= 4 is 17.7 Å². The predicted molar refractivity (Wildman–Crippen MR) is 58.7 cm³/mol. The molecule has 0 aromatic rings. The number of hydrogen-bond donors (Lipinski definition) is 1. The Hall–Kier alpha value is -0.260. The average molecular weight is 228 g/mol. The second-order valence-corrected chi connectivity index (χ2v) is 5.51. The summed E-state index contributed by atoms with van der Waals surface area (Å²) in [5, 5.41) is 3.98. The Balaban J connectivity index is 1.85. The summed E-state index contributed by atoms with van der Waals surface area (Å²) in [5.41, 5.74) is 0.132. The zero-order valence-electron chi connectivity index (χ0n) is 8.70. The van der Waals surface area contributed by atoms with Gasteiger partial charge in [-0.15, -0.1) is 11.8 Å². The summed E-state index contributed by atoms with van der Waals surface area (Å²) in [5.74, 6) is 0.979. The first kappa shape index (κ1) is 9.93. The van der Waals surface area contributed by atoms with Crippen LogP contribution in [0.25, 0.3) is 0 Å². The molecule has 3 aliphatic heterocycles. The summed E-state index contributed by atoms with van der Waals surface area (Å²) in [6.45, 7) is 3.46. The molecule has 5 heteroatoms. The maximum atomic E-state index is 11.7. The van der Waals surface area contributed by atoms with E-state index in [1.807, 2.05) is 0 Å². The van der Waals surface area contributed by atoms with Crippen LogP contribution in [0, 0.1) is 0 Å². The van der Waals surface area contributed by atoms with Crippen LogP contribution >= 0.6 is 11.8 Å². The van der Waals surface area contributed by atoms with Crippen LogP contribution in [0.4, 0.5) is 0 Å². The lowest BCUT2D eigenvalue weighted by Crippen LogP contribution is -2.66. The lowest BCUT2D eigenvalue weighted by Gasteiger charge is -2.49. The third-order valence-corrected chi connectivity index (χ3v) is 5.09. The van der Waals surface area contributed by atoms with Crippen molar-refractivity contribution in [2.45, 2.75) is 23.8 Å². The second kappa shape index (κ2) is 3.64. The number of thioether (sulfide) groups is 1. The number of ether oxygens (including phenoxy) is 1. The standard InChI is InChI=1S/C10H16N2O2S/c13-8-7-15-9-10(1-5-14-6-2-10)11-3-4-12(8)9/h9,11H,1-7H2/t9-/m0/s1. The van der Waals surface area contributed by atoms with Gasteiger partial charge < -0.3 is 15.0 Å². The van der Waals surface area contributed by atoms with E-state index in [4.69, 9.17) is 4.74 Å². The normalized spacial score (nSPS) is 34.5. The molecule has 0 aromatic carbocycles. The monoisotopic (exact) mass is 228 g/mol. The molecule has 3 rings (SSSR count). The summed E-state index contributed by atoms with van der Waals surface area (Å²) < 4.78 is 5.42. The summed E-state index contributed by atoms with van der Waals surface area (Å²) in [4.78, 5) is 13.7. The second-order valence-electron chi connectivity index (χ2n) is 4.45. The predicted octanol–water partition coefficient (Wildman–Crippen LogP) is 0.0403. The topological polar surface area (TPSA) is 41.6 Å². The van der Waals surface area contributed by atoms with Crippen molar-refractivity contribution in [1.82, 2.24) is 10.2 Å². The minimum atomic E-state index is 0.132. The van der Waals surface area contributed by atoms with E-state index in [0.717, 1.165) is 39.1 Å². The molecule has 0 unspecified atom stereocenters. The van der Waals surface area contributed by atoms with Gasteiger partial charge >= 0.3 is 0 Å². The van der Waals surface area contributed by atoms with Gasteiger partial charge in [-0.2, -0.15) is 0 Å². The Morgan fingerprint density at radius 3 is 3.07 bits per heavy atom. The van der Waals surface area contributed by atoms with E-state index in [-0.39, 0.29) is 5.54 Å². The largest absolute Gasteiger partial charge is 0.381 e. The van der Waals surface area contributed by atoms with Gasteiger partial charge in [0.25, 0.3) is 0 Å². The fourth-order valence-electron chi connectivity index (χ4n) is 2.83. The van der Waals surface area contributed by atoms with Crippen LogP contribution in [0.2, 0.25) is 0 Å². The summed E-state index contributed by atoms with van der Waals surface area (Å²) >= 11 is 1.80. The summed E-state index contributed by atoms with van der Waals surface area (Å²) in [6.07, 6.45) is 2.07. The van der Waals surface area contributed by atoms with Crippen LogP contribution in [0.15, 0.2) is 0 Å². The SMILES string of the molecule is O=C1CS[C@@H]2N1CCNC21CCOCC1. The molecule has 3 aliphatic rings. The van der Waals surface area contributed by atoms with E-state index in [1.54, 1.807) is 11.8 Å². The van der Waals surface area contributed by atoms with Crippen molar-refractivity contribution in [2.75, 3.05) is 32.1 Å². The Morgan fingerprint density at radius 2 is 2.27 bits per heavy atom. The number of amides is 1. The molecule has 15 heavy (non-hydrogen) atoms. The number of hydrogen-bond acceptors (Lipinski definition) is 4. The van der Waals surface area contributed by atoms with Gasteiger partial charge in [0.1, 0.15) is 0 Å². The van der Waals surface area contributed by atoms with Gasteiger partial charge in [0, 0.05) is 26.3 Å². The molecular weight excluding hydrogens is 212 g/mol. The summed E-state index contributed by atoms with van der Waals surface area (Å²) in [6, 6.07) is 0. The van der Waals surface area contributed by atoms with Gasteiger partial charge in [-0.1, -0.05) is 0 Å². The van der Waals surface area contributed by atoms with E-state index in [9.17, 15) is 4.79 Å². The Morgan fingerprint density at radius 1 is 1.47 bits per heavy atom. The van der Waals surface area contributed by atoms with Crippen LogP contribution in [-0.2, 0) is 9.53 Å². The molecule has 1 atom stereocenters.